The molecule has 28 heavy (non-hydrogen) atoms. The Bertz CT molecular complexity index is 831. The highest BCUT2D eigenvalue weighted by molar-refractivity contribution is 8.00. The van der Waals surface area contributed by atoms with Gasteiger partial charge in [-0.25, -0.2) is 0 Å². The number of amides is 2. The van der Waals surface area contributed by atoms with Crippen LogP contribution in [0, 0.1) is 0 Å². The van der Waals surface area contributed by atoms with Crippen molar-refractivity contribution in [2.45, 2.75) is 18.0 Å². The van der Waals surface area contributed by atoms with Gasteiger partial charge in [0.15, 0.2) is 11.5 Å². The van der Waals surface area contributed by atoms with Crippen LogP contribution in [-0.2, 0) is 9.59 Å². The van der Waals surface area contributed by atoms with Crippen LogP contribution in [0.2, 0.25) is 0 Å². The number of ether oxygens (including phenoxy) is 2. The zero-order valence-corrected chi connectivity index (χ0v) is 16.5. The van der Waals surface area contributed by atoms with Crippen LogP contribution in [0.4, 0.5) is 5.69 Å². The number of methoxy groups -OCH3 is 2. The molecule has 1 heterocycles. The fourth-order valence-electron chi connectivity index (χ4n) is 2.93. The predicted octanol–water partition coefficient (Wildman–Crippen LogP) is 2.51. The second-order valence-corrected chi connectivity index (χ2v) is 7.30. The summed E-state index contributed by atoms with van der Waals surface area (Å²) in [6, 6.07) is 14.9. The van der Waals surface area contributed by atoms with Crippen molar-refractivity contribution < 1.29 is 19.1 Å². The molecule has 7 nitrogen and oxygen atoms in total. The minimum atomic E-state index is -0.331. The first-order valence-corrected chi connectivity index (χ1v) is 9.87. The SMILES string of the molecule is COc1ccc(NC(=O)CSC2NC(=O)CC(c3ccccc3)N2)cc1OC. The van der Waals surface area contributed by atoms with Gasteiger partial charge in [-0.1, -0.05) is 30.3 Å². The van der Waals surface area contributed by atoms with Crippen molar-refractivity contribution in [1.82, 2.24) is 10.6 Å². The van der Waals surface area contributed by atoms with E-state index in [-0.39, 0.29) is 29.1 Å². The Morgan fingerprint density at radius 2 is 1.89 bits per heavy atom. The van der Waals surface area contributed by atoms with Crippen molar-refractivity contribution >= 4 is 29.3 Å². The summed E-state index contributed by atoms with van der Waals surface area (Å²) < 4.78 is 10.4. The topological polar surface area (TPSA) is 88.7 Å². The van der Waals surface area contributed by atoms with E-state index in [2.05, 4.69) is 16.0 Å². The Balaban J connectivity index is 1.54. The molecule has 8 heteroatoms. The van der Waals surface area contributed by atoms with Crippen LogP contribution >= 0.6 is 11.8 Å². The molecule has 2 amide bonds. The fraction of sp³-hybridized carbons (Fsp3) is 0.300. The third-order valence-electron chi connectivity index (χ3n) is 4.28. The van der Waals surface area contributed by atoms with Gasteiger partial charge in [0, 0.05) is 24.2 Å². The molecule has 1 fully saturated rings. The summed E-state index contributed by atoms with van der Waals surface area (Å²) in [5.41, 5.74) is 1.34. The Hall–Kier alpha value is -2.71. The van der Waals surface area contributed by atoms with E-state index >= 15 is 0 Å². The molecule has 2 atom stereocenters. The maximum Gasteiger partial charge on any atom is 0.234 e. The minimum Gasteiger partial charge on any atom is -0.493 e. The molecule has 2 aromatic carbocycles. The maximum atomic E-state index is 12.3. The van der Waals surface area contributed by atoms with Gasteiger partial charge in [0.25, 0.3) is 0 Å². The minimum absolute atomic E-state index is 0.0367. The fourth-order valence-corrected chi connectivity index (χ4v) is 3.80. The first-order valence-electron chi connectivity index (χ1n) is 8.83. The highest BCUT2D eigenvalue weighted by Crippen LogP contribution is 2.30. The van der Waals surface area contributed by atoms with E-state index < -0.39 is 0 Å². The van der Waals surface area contributed by atoms with Crippen LogP contribution in [0.5, 0.6) is 11.5 Å². The van der Waals surface area contributed by atoms with Crippen molar-refractivity contribution in [3.8, 4) is 11.5 Å². The number of thioether (sulfide) groups is 1. The number of carbonyl (C=O) groups is 2. The molecule has 3 N–H and O–H groups in total. The number of rotatable bonds is 7. The van der Waals surface area contributed by atoms with Crippen LogP contribution in [0.25, 0.3) is 0 Å². The van der Waals surface area contributed by atoms with Gasteiger partial charge in [0.1, 0.15) is 5.50 Å². The number of nitrogens with one attached hydrogen (secondary N) is 3. The highest BCUT2D eigenvalue weighted by Gasteiger charge is 2.27. The molecule has 1 aliphatic heterocycles. The summed E-state index contributed by atoms with van der Waals surface area (Å²) >= 11 is 1.33. The third-order valence-corrected chi connectivity index (χ3v) is 5.30. The molecule has 0 saturated carbocycles. The average molecular weight is 401 g/mol. The Morgan fingerprint density at radius 3 is 2.61 bits per heavy atom. The zero-order chi connectivity index (χ0) is 19.9. The second kappa shape index (κ2) is 9.48. The van der Waals surface area contributed by atoms with Gasteiger partial charge in [-0.2, -0.15) is 0 Å². The quantitative estimate of drug-likeness (QED) is 0.661. The van der Waals surface area contributed by atoms with Gasteiger partial charge >= 0.3 is 0 Å². The van der Waals surface area contributed by atoms with Crippen molar-refractivity contribution in [3.63, 3.8) is 0 Å². The van der Waals surface area contributed by atoms with Crippen LogP contribution < -0.4 is 25.4 Å². The van der Waals surface area contributed by atoms with Gasteiger partial charge in [0.2, 0.25) is 11.8 Å². The lowest BCUT2D eigenvalue weighted by Crippen LogP contribution is -2.51. The number of anilines is 1. The Kier molecular flexibility index (Phi) is 6.78. The van der Waals surface area contributed by atoms with E-state index in [9.17, 15) is 9.59 Å². The van der Waals surface area contributed by atoms with E-state index in [0.29, 0.717) is 23.6 Å². The largest absolute Gasteiger partial charge is 0.493 e. The molecule has 1 saturated heterocycles. The van der Waals surface area contributed by atoms with E-state index in [1.54, 1.807) is 32.4 Å². The number of carbonyl (C=O) groups excluding carboxylic acids is 2. The molecule has 0 bridgehead atoms. The van der Waals surface area contributed by atoms with Gasteiger partial charge in [-0.3, -0.25) is 14.9 Å². The van der Waals surface area contributed by atoms with Crippen LogP contribution in [0.3, 0.4) is 0 Å². The Labute approximate surface area is 168 Å². The zero-order valence-electron chi connectivity index (χ0n) is 15.7. The van der Waals surface area contributed by atoms with E-state index in [1.807, 2.05) is 30.3 Å². The summed E-state index contributed by atoms with van der Waals surface area (Å²) in [5, 5.41) is 9.06. The molecule has 1 aliphatic rings. The summed E-state index contributed by atoms with van der Waals surface area (Å²) in [5.74, 6) is 1.12. The van der Waals surface area contributed by atoms with Crippen molar-refractivity contribution in [2.24, 2.45) is 0 Å². The molecular formula is C20H23N3O4S. The van der Waals surface area contributed by atoms with Crippen LogP contribution in [0.1, 0.15) is 18.0 Å². The number of hydrogen-bond donors (Lipinski definition) is 3. The molecule has 0 aliphatic carbocycles. The van der Waals surface area contributed by atoms with Gasteiger partial charge in [0.05, 0.1) is 20.0 Å². The second-order valence-electron chi connectivity index (χ2n) is 6.21. The molecular weight excluding hydrogens is 378 g/mol. The van der Waals surface area contributed by atoms with Crippen LogP contribution in [-0.4, -0.2) is 37.3 Å². The lowest BCUT2D eigenvalue weighted by Gasteiger charge is -2.31. The predicted molar refractivity (Wildman–Crippen MR) is 110 cm³/mol. The normalized spacial score (nSPS) is 18.9. The lowest BCUT2D eigenvalue weighted by molar-refractivity contribution is -0.123. The van der Waals surface area contributed by atoms with Crippen molar-refractivity contribution in [1.29, 1.82) is 0 Å². The first-order chi connectivity index (χ1) is 13.6. The monoisotopic (exact) mass is 401 g/mol. The molecule has 148 valence electrons. The van der Waals surface area contributed by atoms with Crippen molar-refractivity contribution in [2.75, 3.05) is 25.3 Å². The smallest absolute Gasteiger partial charge is 0.234 e. The summed E-state index contributed by atoms with van der Waals surface area (Å²) in [6.07, 6.45) is 0.374. The summed E-state index contributed by atoms with van der Waals surface area (Å²) in [6.45, 7) is 0. The lowest BCUT2D eigenvalue weighted by atomic mass is 10.0. The standard InChI is InChI=1S/C20H23N3O4S/c1-26-16-9-8-14(10-17(16)27-2)21-19(25)12-28-20-22-15(11-18(24)23-20)13-6-4-3-5-7-13/h3-10,15,20,22H,11-12H2,1-2H3,(H,21,25)(H,23,24). The van der Waals surface area contributed by atoms with Crippen molar-refractivity contribution in [3.05, 3.63) is 54.1 Å². The molecule has 2 aromatic rings. The van der Waals surface area contributed by atoms with Gasteiger partial charge in [-0.15, -0.1) is 11.8 Å². The third kappa shape index (κ3) is 5.17. The van der Waals surface area contributed by atoms with Crippen LogP contribution in [0.15, 0.2) is 48.5 Å². The number of hydrogen-bond acceptors (Lipinski definition) is 6. The van der Waals surface area contributed by atoms with E-state index in [4.69, 9.17) is 9.47 Å². The summed E-state index contributed by atoms with van der Waals surface area (Å²) in [4.78, 5) is 24.3. The van der Waals surface area contributed by atoms with E-state index in [0.717, 1.165) is 5.56 Å². The molecule has 0 spiro atoms. The molecule has 0 aromatic heterocycles. The summed E-state index contributed by atoms with van der Waals surface area (Å²) in [7, 11) is 3.10. The molecule has 3 rings (SSSR count). The number of benzene rings is 2. The average Bonchev–Trinajstić information content (AvgIpc) is 2.72. The van der Waals surface area contributed by atoms with E-state index in [1.165, 1.54) is 11.8 Å². The van der Waals surface area contributed by atoms with Gasteiger partial charge in [-0.05, 0) is 17.7 Å². The molecule has 2 unspecified atom stereocenters. The first kappa shape index (κ1) is 20.0. The van der Waals surface area contributed by atoms with Gasteiger partial charge < -0.3 is 20.1 Å². The maximum absolute atomic E-state index is 12.3. The molecule has 0 radical (unpaired) electrons. The highest BCUT2D eigenvalue weighted by atomic mass is 32.2. The Morgan fingerprint density at radius 1 is 1.14 bits per heavy atom.